The van der Waals surface area contributed by atoms with E-state index in [1.54, 1.807) is 0 Å². The van der Waals surface area contributed by atoms with Crippen LogP contribution >= 0.6 is 0 Å². The molecule has 0 spiro atoms. The Morgan fingerprint density at radius 2 is 2.08 bits per heavy atom. The summed E-state index contributed by atoms with van der Waals surface area (Å²) in [6, 6.07) is 9.85. The minimum absolute atomic E-state index is 0.00473. The van der Waals surface area contributed by atoms with Crippen LogP contribution in [-0.2, 0) is 9.59 Å². The van der Waals surface area contributed by atoms with Crippen molar-refractivity contribution >= 4 is 11.7 Å². The fourth-order valence-corrected chi connectivity index (χ4v) is 3.59. The summed E-state index contributed by atoms with van der Waals surface area (Å²) in [5.74, 6) is -0.608. The van der Waals surface area contributed by atoms with Gasteiger partial charge in [0, 0.05) is 24.6 Å². The lowest BCUT2D eigenvalue weighted by Gasteiger charge is -2.39. The lowest BCUT2D eigenvalue weighted by Crippen LogP contribution is -2.47. The lowest BCUT2D eigenvalue weighted by molar-refractivity contribution is -0.123. The van der Waals surface area contributed by atoms with Crippen molar-refractivity contribution in [1.29, 1.82) is 5.26 Å². The first kappa shape index (κ1) is 16.8. The highest BCUT2D eigenvalue weighted by Crippen LogP contribution is 2.44. The third-order valence-corrected chi connectivity index (χ3v) is 4.68. The number of Topliss-reactive ketones (excluding diaryl/α,β-unsaturated/α-hetero) is 1. The zero-order valence-electron chi connectivity index (χ0n) is 14.3. The normalized spacial score (nSPS) is 20.3. The molecule has 3 N–H and O–H groups in total. The van der Waals surface area contributed by atoms with E-state index in [0.29, 0.717) is 30.5 Å². The number of ketones is 1. The highest BCUT2D eigenvalue weighted by atomic mass is 16.2. The van der Waals surface area contributed by atoms with E-state index in [9.17, 15) is 14.9 Å². The van der Waals surface area contributed by atoms with Crippen LogP contribution in [0.3, 0.4) is 0 Å². The van der Waals surface area contributed by atoms with Crippen molar-refractivity contribution in [2.24, 2.45) is 5.73 Å². The first-order valence-electron chi connectivity index (χ1n) is 8.24. The molecule has 1 aliphatic carbocycles. The summed E-state index contributed by atoms with van der Waals surface area (Å²) in [5.41, 5.74) is 12.3. The molecular formula is C19H20N4O2. The van der Waals surface area contributed by atoms with Crippen LogP contribution in [0, 0.1) is 18.3 Å². The van der Waals surface area contributed by atoms with Crippen molar-refractivity contribution in [3.8, 4) is 6.07 Å². The fraction of sp³-hybridized carbons (Fsp3) is 0.316. The standard InChI is InChI=1S/C19H20N4O2/c1-11-6-3-4-7-13(11)17-14(10-20)19(21)23(22-12(2)24)15-8-5-9-16(25)18(15)17/h3-4,6-7,17H,5,8-9,21H2,1-2H3,(H,22,24). The number of hydrogen-bond donors (Lipinski definition) is 2. The zero-order chi connectivity index (χ0) is 18.1. The Morgan fingerprint density at radius 3 is 2.72 bits per heavy atom. The molecule has 2 aliphatic rings. The molecule has 6 nitrogen and oxygen atoms in total. The Labute approximate surface area is 146 Å². The number of nitrogens with two attached hydrogens (primary N) is 1. The van der Waals surface area contributed by atoms with Gasteiger partial charge in [0.15, 0.2) is 5.78 Å². The van der Waals surface area contributed by atoms with Crippen LogP contribution in [0.5, 0.6) is 0 Å². The first-order valence-corrected chi connectivity index (χ1v) is 8.24. The first-order chi connectivity index (χ1) is 12.0. The number of benzene rings is 1. The number of hydrogen-bond acceptors (Lipinski definition) is 5. The maximum atomic E-state index is 12.8. The Morgan fingerprint density at radius 1 is 1.36 bits per heavy atom. The molecule has 0 saturated heterocycles. The monoisotopic (exact) mass is 336 g/mol. The van der Waals surface area contributed by atoms with E-state index in [1.165, 1.54) is 11.9 Å². The van der Waals surface area contributed by atoms with Crippen LogP contribution in [-0.4, -0.2) is 16.7 Å². The molecule has 1 aromatic rings. The molecule has 0 saturated carbocycles. The van der Waals surface area contributed by atoms with E-state index >= 15 is 0 Å². The summed E-state index contributed by atoms with van der Waals surface area (Å²) in [6.07, 6.45) is 1.76. The molecule has 1 unspecified atom stereocenters. The average Bonchev–Trinajstić information content (AvgIpc) is 2.57. The van der Waals surface area contributed by atoms with Gasteiger partial charge in [-0.05, 0) is 30.9 Å². The van der Waals surface area contributed by atoms with Gasteiger partial charge in [-0.1, -0.05) is 24.3 Å². The van der Waals surface area contributed by atoms with E-state index in [0.717, 1.165) is 11.1 Å². The maximum Gasteiger partial charge on any atom is 0.235 e. The second-order valence-electron chi connectivity index (χ2n) is 6.34. The molecule has 3 rings (SSSR count). The minimum atomic E-state index is -0.487. The summed E-state index contributed by atoms with van der Waals surface area (Å²) in [5, 5.41) is 11.2. The zero-order valence-corrected chi connectivity index (χ0v) is 14.3. The van der Waals surface area contributed by atoms with Gasteiger partial charge >= 0.3 is 0 Å². The molecule has 0 fully saturated rings. The van der Waals surface area contributed by atoms with E-state index in [-0.39, 0.29) is 23.1 Å². The minimum Gasteiger partial charge on any atom is -0.383 e. The Hall–Kier alpha value is -3.07. The molecule has 25 heavy (non-hydrogen) atoms. The Balaban J connectivity index is 2.26. The molecule has 1 amide bonds. The molecule has 128 valence electrons. The van der Waals surface area contributed by atoms with E-state index in [4.69, 9.17) is 5.73 Å². The van der Waals surface area contributed by atoms with Crippen molar-refractivity contribution in [3.05, 3.63) is 58.1 Å². The third kappa shape index (κ3) is 2.78. The van der Waals surface area contributed by atoms with E-state index in [2.05, 4.69) is 11.5 Å². The quantitative estimate of drug-likeness (QED) is 0.862. The van der Waals surface area contributed by atoms with E-state index < -0.39 is 5.92 Å². The maximum absolute atomic E-state index is 12.8. The smallest absolute Gasteiger partial charge is 0.235 e. The predicted octanol–water partition coefficient (Wildman–Crippen LogP) is 2.15. The van der Waals surface area contributed by atoms with Crippen LogP contribution in [0.15, 0.2) is 46.9 Å². The number of carbonyl (C=O) groups excluding carboxylic acids is 2. The van der Waals surface area contributed by atoms with Crippen LogP contribution in [0.4, 0.5) is 0 Å². The van der Waals surface area contributed by atoms with Gasteiger partial charge in [0.2, 0.25) is 5.91 Å². The van der Waals surface area contributed by atoms with Crippen LogP contribution in [0.25, 0.3) is 0 Å². The molecule has 1 aromatic carbocycles. The number of nitrogens with one attached hydrogen (secondary N) is 1. The highest BCUT2D eigenvalue weighted by molar-refractivity contribution is 6.00. The second kappa shape index (κ2) is 6.44. The molecule has 6 heteroatoms. The molecular weight excluding hydrogens is 316 g/mol. The van der Waals surface area contributed by atoms with Gasteiger partial charge < -0.3 is 5.73 Å². The molecule has 1 atom stereocenters. The van der Waals surface area contributed by atoms with Gasteiger partial charge in [-0.25, -0.2) is 5.01 Å². The number of rotatable bonds is 2. The SMILES string of the molecule is CC(=O)NN1C(N)=C(C#N)C(c2ccccc2C)C2=C1CCCC2=O. The predicted molar refractivity (Wildman–Crippen MR) is 92.3 cm³/mol. The third-order valence-electron chi connectivity index (χ3n) is 4.68. The molecule has 1 heterocycles. The highest BCUT2D eigenvalue weighted by Gasteiger charge is 2.40. The van der Waals surface area contributed by atoms with Crippen LogP contribution < -0.4 is 11.2 Å². The molecule has 1 aliphatic heterocycles. The van der Waals surface area contributed by atoms with Crippen molar-refractivity contribution < 1.29 is 9.59 Å². The number of allylic oxidation sites excluding steroid dienone is 3. The summed E-state index contributed by atoms with van der Waals surface area (Å²) < 4.78 is 0. The number of nitrogens with zero attached hydrogens (tertiary/aromatic N) is 2. The van der Waals surface area contributed by atoms with Gasteiger partial charge in [-0.3, -0.25) is 15.0 Å². The van der Waals surface area contributed by atoms with Crippen LogP contribution in [0.1, 0.15) is 43.2 Å². The number of hydrazine groups is 1. The second-order valence-corrected chi connectivity index (χ2v) is 6.34. The number of carbonyl (C=O) groups is 2. The topological polar surface area (TPSA) is 99.2 Å². The van der Waals surface area contributed by atoms with Crippen molar-refractivity contribution in [2.75, 3.05) is 0 Å². The van der Waals surface area contributed by atoms with Crippen molar-refractivity contribution in [3.63, 3.8) is 0 Å². The molecule has 0 bridgehead atoms. The summed E-state index contributed by atoms with van der Waals surface area (Å²) in [7, 11) is 0. The summed E-state index contributed by atoms with van der Waals surface area (Å²) in [6.45, 7) is 3.33. The summed E-state index contributed by atoms with van der Waals surface area (Å²) in [4.78, 5) is 24.3. The van der Waals surface area contributed by atoms with Gasteiger partial charge in [-0.15, -0.1) is 0 Å². The van der Waals surface area contributed by atoms with Gasteiger partial charge in [0.25, 0.3) is 0 Å². The molecule has 0 radical (unpaired) electrons. The van der Waals surface area contributed by atoms with Crippen molar-refractivity contribution in [1.82, 2.24) is 10.4 Å². The Bertz CT molecular complexity index is 860. The average molecular weight is 336 g/mol. The van der Waals surface area contributed by atoms with Crippen molar-refractivity contribution in [2.45, 2.75) is 39.0 Å². The fourth-order valence-electron chi connectivity index (χ4n) is 3.59. The number of amides is 1. The number of aryl methyl sites for hydroxylation is 1. The summed E-state index contributed by atoms with van der Waals surface area (Å²) >= 11 is 0. The Kier molecular flexibility index (Phi) is 4.32. The number of nitriles is 1. The van der Waals surface area contributed by atoms with Gasteiger partial charge in [0.05, 0.1) is 17.6 Å². The van der Waals surface area contributed by atoms with E-state index in [1.807, 2.05) is 31.2 Å². The largest absolute Gasteiger partial charge is 0.383 e. The molecule has 0 aromatic heterocycles. The van der Waals surface area contributed by atoms with Gasteiger partial charge in [-0.2, -0.15) is 5.26 Å². The van der Waals surface area contributed by atoms with Crippen LogP contribution in [0.2, 0.25) is 0 Å². The lowest BCUT2D eigenvalue weighted by atomic mass is 9.75. The van der Waals surface area contributed by atoms with Gasteiger partial charge in [0.1, 0.15) is 5.82 Å².